The van der Waals surface area contributed by atoms with Gasteiger partial charge in [-0.3, -0.25) is 9.59 Å². The van der Waals surface area contributed by atoms with Gasteiger partial charge in [0.25, 0.3) is 0 Å². The standard InChI is InChI=1S/C17H20F2N2O2/c1-20-15(22)17(5-6-17)16(23)21-7-4-12(10-21)8-11-2-3-13(18)14(19)9-11/h2-3,9,12H,4-8,10H2,1H3,(H,20,22). The van der Waals surface area contributed by atoms with Crippen molar-refractivity contribution in [3.8, 4) is 0 Å². The second-order valence-electron chi connectivity index (χ2n) is 6.52. The fourth-order valence-corrected chi connectivity index (χ4v) is 3.39. The summed E-state index contributed by atoms with van der Waals surface area (Å²) in [7, 11) is 1.55. The predicted molar refractivity (Wildman–Crippen MR) is 80.5 cm³/mol. The Morgan fingerprint density at radius 2 is 2.04 bits per heavy atom. The van der Waals surface area contributed by atoms with E-state index in [1.807, 2.05) is 0 Å². The van der Waals surface area contributed by atoms with Crippen molar-refractivity contribution in [3.63, 3.8) is 0 Å². The van der Waals surface area contributed by atoms with Gasteiger partial charge in [0.15, 0.2) is 11.6 Å². The van der Waals surface area contributed by atoms with Crippen molar-refractivity contribution >= 4 is 11.8 Å². The third-order valence-corrected chi connectivity index (χ3v) is 4.90. The number of rotatable bonds is 4. The first-order valence-corrected chi connectivity index (χ1v) is 7.92. The molecule has 0 aromatic heterocycles. The third kappa shape index (κ3) is 2.94. The summed E-state index contributed by atoms with van der Waals surface area (Å²) >= 11 is 0. The number of halogens is 2. The molecule has 1 aromatic carbocycles. The van der Waals surface area contributed by atoms with Crippen LogP contribution in [0.3, 0.4) is 0 Å². The number of hydrogen-bond acceptors (Lipinski definition) is 2. The minimum absolute atomic E-state index is 0.0929. The quantitative estimate of drug-likeness (QED) is 0.861. The van der Waals surface area contributed by atoms with E-state index in [2.05, 4.69) is 5.32 Å². The van der Waals surface area contributed by atoms with Crippen LogP contribution in [-0.2, 0) is 16.0 Å². The Labute approximate surface area is 133 Å². The fraction of sp³-hybridized carbons (Fsp3) is 0.529. The van der Waals surface area contributed by atoms with E-state index >= 15 is 0 Å². The molecule has 1 aliphatic heterocycles. The number of carbonyl (C=O) groups excluding carboxylic acids is 2. The molecule has 3 rings (SSSR count). The van der Waals surface area contributed by atoms with Crippen LogP contribution < -0.4 is 5.32 Å². The summed E-state index contributed by atoms with van der Waals surface area (Å²) in [5, 5.41) is 2.57. The number of nitrogens with one attached hydrogen (secondary N) is 1. The Morgan fingerprint density at radius 3 is 2.65 bits per heavy atom. The second kappa shape index (κ2) is 5.91. The molecule has 2 aliphatic rings. The molecule has 1 saturated carbocycles. The van der Waals surface area contributed by atoms with Gasteiger partial charge in [-0.15, -0.1) is 0 Å². The highest BCUT2D eigenvalue weighted by Gasteiger charge is 2.58. The zero-order valence-corrected chi connectivity index (χ0v) is 13.1. The van der Waals surface area contributed by atoms with Gasteiger partial charge >= 0.3 is 0 Å². The summed E-state index contributed by atoms with van der Waals surface area (Å²) in [6.07, 6.45) is 2.63. The Kier molecular flexibility index (Phi) is 4.08. The zero-order chi connectivity index (χ0) is 16.6. The maximum atomic E-state index is 13.3. The van der Waals surface area contributed by atoms with Gasteiger partial charge < -0.3 is 10.2 Å². The number of carbonyl (C=O) groups is 2. The number of nitrogens with zero attached hydrogens (tertiary/aromatic N) is 1. The molecule has 124 valence electrons. The number of amides is 2. The van der Waals surface area contributed by atoms with E-state index < -0.39 is 17.0 Å². The van der Waals surface area contributed by atoms with E-state index in [4.69, 9.17) is 0 Å². The van der Waals surface area contributed by atoms with Crippen LogP contribution in [0.5, 0.6) is 0 Å². The average molecular weight is 322 g/mol. The summed E-state index contributed by atoms with van der Waals surface area (Å²) in [6, 6.07) is 3.93. The van der Waals surface area contributed by atoms with E-state index in [-0.39, 0.29) is 17.7 Å². The topological polar surface area (TPSA) is 49.4 Å². The molecule has 1 unspecified atom stereocenters. The highest BCUT2D eigenvalue weighted by atomic mass is 19.2. The van der Waals surface area contributed by atoms with Crippen molar-refractivity contribution in [2.75, 3.05) is 20.1 Å². The van der Waals surface area contributed by atoms with E-state index in [1.165, 1.54) is 6.07 Å². The van der Waals surface area contributed by atoms with Crippen LogP contribution in [0.1, 0.15) is 24.8 Å². The van der Waals surface area contributed by atoms with Crippen LogP contribution in [0.15, 0.2) is 18.2 Å². The number of likely N-dealkylation sites (tertiary alicyclic amines) is 1. The van der Waals surface area contributed by atoms with Gasteiger partial charge in [-0.2, -0.15) is 0 Å². The molecule has 1 aromatic rings. The SMILES string of the molecule is CNC(=O)C1(C(=O)N2CCC(Cc3ccc(F)c(F)c3)C2)CC1. The minimum atomic E-state index is -0.856. The largest absolute Gasteiger partial charge is 0.358 e. The molecule has 2 fully saturated rings. The van der Waals surface area contributed by atoms with Crippen LogP contribution in [0.25, 0.3) is 0 Å². The minimum Gasteiger partial charge on any atom is -0.358 e. The van der Waals surface area contributed by atoms with Crippen molar-refractivity contribution in [2.24, 2.45) is 11.3 Å². The van der Waals surface area contributed by atoms with Crippen LogP contribution in [-0.4, -0.2) is 36.9 Å². The van der Waals surface area contributed by atoms with Gasteiger partial charge in [0.05, 0.1) is 0 Å². The van der Waals surface area contributed by atoms with Gasteiger partial charge in [0.1, 0.15) is 5.41 Å². The van der Waals surface area contributed by atoms with Crippen LogP contribution in [0.4, 0.5) is 8.78 Å². The van der Waals surface area contributed by atoms with Gasteiger partial charge in [-0.1, -0.05) is 6.07 Å². The summed E-state index contributed by atoms with van der Waals surface area (Å²) in [5.74, 6) is -1.77. The van der Waals surface area contributed by atoms with Gasteiger partial charge in [-0.05, 0) is 49.3 Å². The smallest absolute Gasteiger partial charge is 0.238 e. The molecule has 1 heterocycles. The molecule has 2 amide bonds. The molecule has 6 heteroatoms. The molecular weight excluding hydrogens is 302 g/mol. The Bertz CT molecular complexity index is 643. The lowest BCUT2D eigenvalue weighted by molar-refractivity contribution is -0.143. The summed E-state index contributed by atoms with van der Waals surface area (Å²) < 4.78 is 26.2. The summed E-state index contributed by atoms with van der Waals surface area (Å²) in [4.78, 5) is 26.2. The van der Waals surface area contributed by atoms with Crippen molar-refractivity contribution in [3.05, 3.63) is 35.4 Å². The van der Waals surface area contributed by atoms with Crippen LogP contribution in [0, 0.1) is 23.0 Å². The lowest BCUT2D eigenvalue weighted by Gasteiger charge is -2.22. The Hall–Kier alpha value is -1.98. The van der Waals surface area contributed by atoms with Gasteiger partial charge in [-0.25, -0.2) is 8.78 Å². The third-order valence-electron chi connectivity index (χ3n) is 4.90. The first kappa shape index (κ1) is 15.9. The van der Waals surface area contributed by atoms with Gasteiger partial charge in [0.2, 0.25) is 11.8 Å². The molecule has 0 bridgehead atoms. The van der Waals surface area contributed by atoms with Crippen molar-refractivity contribution in [1.82, 2.24) is 10.2 Å². The normalized spacial score (nSPS) is 22.0. The first-order valence-electron chi connectivity index (χ1n) is 7.92. The van der Waals surface area contributed by atoms with Crippen molar-refractivity contribution < 1.29 is 18.4 Å². The van der Waals surface area contributed by atoms with E-state index in [9.17, 15) is 18.4 Å². The monoisotopic (exact) mass is 322 g/mol. The van der Waals surface area contributed by atoms with E-state index in [0.29, 0.717) is 32.4 Å². The molecule has 1 N–H and O–H groups in total. The highest BCUT2D eigenvalue weighted by molar-refractivity contribution is 6.07. The van der Waals surface area contributed by atoms with Crippen LogP contribution in [0.2, 0.25) is 0 Å². The molecule has 4 nitrogen and oxygen atoms in total. The Balaban J connectivity index is 1.61. The highest BCUT2D eigenvalue weighted by Crippen LogP contribution is 2.48. The number of hydrogen-bond donors (Lipinski definition) is 1. The molecule has 1 aliphatic carbocycles. The lowest BCUT2D eigenvalue weighted by Crippen LogP contribution is -2.43. The molecule has 23 heavy (non-hydrogen) atoms. The molecular formula is C17H20F2N2O2. The summed E-state index contributed by atoms with van der Waals surface area (Å²) in [5.41, 5.74) is -0.123. The average Bonchev–Trinajstić information content (AvgIpc) is 3.23. The maximum Gasteiger partial charge on any atom is 0.238 e. The fourth-order valence-electron chi connectivity index (χ4n) is 3.39. The van der Waals surface area contributed by atoms with Crippen molar-refractivity contribution in [2.45, 2.75) is 25.7 Å². The molecule has 0 radical (unpaired) electrons. The van der Waals surface area contributed by atoms with Crippen LogP contribution >= 0.6 is 0 Å². The molecule has 1 saturated heterocycles. The maximum absolute atomic E-state index is 13.3. The van der Waals surface area contributed by atoms with E-state index in [0.717, 1.165) is 18.1 Å². The first-order chi connectivity index (χ1) is 11.0. The summed E-state index contributed by atoms with van der Waals surface area (Å²) in [6.45, 7) is 1.18. The Morgan fingerprint density at radius 1 is 1.30 bits per heavy atom. The lowest BCUT2D eigenvalue weighted by atomic mass is 9.98. The molecule has 1 atom stereocenters. The predicted octanol–water partition coefficient (Wildman–Crippen LogP) is 1.88. The van der Waals surface area contributed by atoms with E-state index in [1.54, 1.807) is 18.0 Å². The zero-order valence-electron chi connectivity index (χ0n) is 13.1. The molecule has 0 spiro atoms. The van der Waals surface area contributed by atoms with Gasteiger partial charge in [0, 0.05) is 20.1 Å². The number of benzene rings is 1. The second-order valence-corrected chi connectivity index (χ2v) is 6.52. The van der Waals surface area contributed by atoms with Crippen molar-refractivity contribution in [1.29, 1.82) is 0 Å².